The Kier molecular flexibility index (Phi) is 12.0. The number of nitrogens with two attached hydrogens (primary N) is 3. The number of carbonyl (C=O) groups excluding carboxylic acids is 2. The van der Waals surface area contributed by atoms with Gasteiger partial charge in [0.15, 0.2) is 11.6 Å². The quantitative estimate of drug-likeness (QED) is 0.0528. The molecule has 25 heavy (non-hydrogen) atoms. The van der Waals surface area contributed by atoms with Gasteiger partial charge in [0.25, 0.3) is 0 Å². The van der Waals surface area contributed by atoms with Crippen LogP contribution in [0.5, 0.6) is 0 Å². The molecule has 13 heteroatoms. The van der Waals surface area contributed by atoms with E-state index in [0.29, 0.717) is 6.42 Å². The Balaban J connectivity index is -0.00000264. The van der Waals surface area contributed by atoms with Crippen molar-refractivity contribution in [1.82, 2.24) is 0 Å². The Morgan fingerprint density at radius 2 is 1.72 bits per heavy atom. The monoisotopic (exact) mass is 372 g/mol. The maximum absolute atomic E-state index is 11.6. The molecule has 0 aromatic rings. The topological polar surface area (TPSA) is 229 Å². The molecular formula is C12H21N4NaO8. The first-order chi connectivity index (χ1) is 11.0. The molecule has 0 aliphatic heterocycles. The van der Waals surface area contributed by atoms with Gasteiger partial charge in [-0.25, -0.2) is 9.59 Å². The fraction of sp³-hybridized carbons (Fsp3) is 0.583. The summed E-state index contributed by atoms with van der Waals surface area (Å²) < 4.78 is 4.31. The molecule has 12 nitrogen and oxygen atoms in total. The number of esters is 2. The Hall–Kier alpha value is -1.73. The van der Waals surface area contributed by atoms with Crippen molar-refractivity contribution in [2.24, 2.45) is 22.2 Å². The van der Waals surface area contributed by atoms with E-state index in [9.17, 15) is 24.3 Å². The van der Waals surface area contributed by atoms with E-state index in [4.69, 9.17) is 27.4 Å². The zero-order valence-corrected chi connectivity index (χ0v) is 15.7. The largest absolute Gasteiger partial charge is 1.00 e. The van der Waals surface area contributed by atoms with Crippen LogP contribution in [0.2, 0.25) is 0 Å². The summed E-state index contributed by atoms with van der Waals surface area (Å²) in [5.41, 5.74) is 12.8. The van der Waals surface area contributed by atoms with E-state index in [-0.39, 0.29) is 49.9 Å². The Bertz CT molecular complexity index is 543. The fourth-order valence-electron chi connectivity index (χ4n) is 1.56. The van der Waals surface area contributed by atoms with Gasteiger partial charge in [-0.3, -0.25) is 14.6 Å². The van der Waals surface area contributed by atoms with E-state index in [2.05, 4.69) is 9.73 Å². The number of guanidine groups is 1. The van der Waals surface area contributed by atoms with Crippen LogP contribution in [0.25, 0.3) is 0 Å². The van der Waals surface area contributed by atoms with E-state index in [0.717, 1.165) is 0 Å². The van der Waals surface area contributed by atoms with Crippen LogP contribution >= 0.6 is 0 Å². The van der Waals surface area contributed by atoms with Crippen LogP contribution in [0.15, 0.2) is 4.99 Å². The second-order valence-electron chi connectivity index (χ2n) is 4.93. The standard InChI is InChI=1S/C12H20N4O8.Na.H/c13-6(2-1-3-16-11(14)15)9(20)24-8(19)5-12(23,10(21)22)4-7(17)18;;/h6,23H,1-5,13H2,(H,17,18)(H,21,22)(H4,14,15,16);;/q;+1;-1/t6-,12?;;/m0../s1. The number of carboxylic acid groups (broad SMARTS) is 2. The molecular weight excluding hydrogens is 351 g/mol. The Morgan fingerprint density at radius 3 is 2.16 bits per heavy atom. The van der Waals surface area contributed by atoms with Crippen molar-refractivity contribution in [1.29, 1.82) is 0 Å². The van der Waals surface area contributed by atoms with Gasteiger partial charge in [0.1, 0.15) is 6.04 Å². The van der Waals surface area contributed by atoms with Crippen molar-refractivity contribution in [3.8, 4) is 0 Å². The summed E-state index contributed by atoms with van der Waals surface area (Å²) >= 11 is 0. The van der Waals surface area contributed by atoms with Gasteiger partial charge in [-0.05, 0) is 12.8 Å². The van der Waals surface area contributed by atoms with Gasteiger partial charge in [-0.1, -0.05) is 0 Å². The molecule has 138 valence electrons. The van der Waals surface area contributed by atoms with Crippen LogP contribution in [0.4, 0.5) is 0 Å². The number of hydrogen-bond donors (Lipinski definition) is 6. The molecule has 0 heterocycles. The first kappa shape index (κ1) is 25.5. The van der Waals surface area contributed by atoms with Gasteiger partial charge in [-0.15, -0.1) is 0 Å². The minimum absolute atomic E-state index is 0. The number of rotatable bonds is 10. The molecule has 0 aromatic carbocycles. The summed E-state index contributed by atoms with van der Waals surface area (Å²) in [6.45, 7) is 0.203. The molecule has 1 unspecified atom stereocenters. The molecule has 0 aliphatic carbocycles. The van der Waals surface area contributed by atoms with E-state index in [1.165, 1.54) is 0 Å². The number of carboxylic acids is 2. The van der Waals surface area contributed by atoms with Gasteiger partial charge in [-0.2, -0.15) is 0 Å². The summed E-state index contributed by atoms with van der Waals surface area (Å²) in [5, 5.41) is 27.0. The minimum atomic E-state index is -2.89. The number of hydrogen-bond acceptors (Lipinski definition) is 8. The van der Waals surface area contributed by atoms with Crippen LogP contribution in [-0.4, -0.2) is 63.3 Å². The summed E-state index contributed by atoms with van der Waals surface area (Å²) in [4.78, 5) is 48.1. The van der Waals surface area contributed by atoms with E-state index in [1.54, 1.807) is 0 Å². The van der Waals surface area contributed by atoms with Crippen LogP contribution in [0, 0.1) is 0 Å². The van der Waals surface area contributed by atoms with Crippen molar-refractivity contribution >= 4 is 29.8 Å². The number of ether oxygens (including phenoxy) is 1. The molecule has 0 bridgehead atoms. The molecule has 0 spiro atoms. The van der Waals surface area contributed by atoms with Crippen molar-refractivity contribution in [3.05, 3.63) is 0 Å². The second kappa shape index (κ2) is 11.8. The van der Waals surface area contributed by atoms with Crippen LogP contribution in [-0.2, 0) is 23.9 Å². The fourth-order valence-corrected chi connectivity index (χ4v) is 1.56. The summed E-state index contributed by atoms with van der Waals surface area (Å²) in [6, 6.07) is -1.19. The first-order valence-electron chi connectivity index (χ1n) is 6.71. The average molecular weight is 372 g/mol. The van der Waals surface area contributed by atoms with Crippen LogP contribution in [0.1, 0.15) is 27.1 Å². The van der Waals surface area contributed by atoms with Gasteiger partial charge in [0.2, 0.25) is 0 Å². The molecule has 9 N–H and O–H groups in total. The van der Waals surface area contributed by atoms with E-state index < -0.39 is 48.4 Å². The predicted molar refractivity (Wildman–Crippen MR) is 79.6 cm³/mol. The maximum atomic E-state index is 11.6. The number of aliphatic imine (C=N–C) groups is 1. The molecule has 0 rings (SSSR count). The van der Waals surface area contributed by atoms with E-state index in [1.807, 2.05) is 0 Å². The van der Waals surface area contributed by atoms with Gasteiger partial charge in [0, 0.05) is 6.54 Å². The van der Waals surface area contributed by atoms with Gasteiger partial charge < -0.3 is 38.7 Å². The first-order valence-corrected chi connectivity index (χ1v) is 6.71. The summed E-state index contributed by atoms with van der Waals surface area (Å²) in [7, 11) is 0. The zero-order chi connectivity index (χ0) is 18.9. The van der Waals surface area contributed by atoms with Crippen molar-refractivity contribution in [2.45, 2.75) is 37.3 Å². The van der Waals surface area contributed by atoms with Crippen LogP contribution < -0.4 is 46.8 Å². The van der Waals surface area contributed by atoms with Crippen molar-refractivity contribution < 1.29 is 70.2 Å². The number of carbonyl (C=O) groups is 4. The molecule has 0 fully saturated rings. The summed E-state index contributed by atoms with van der Waals surface area (Å²) in [6.07, 6.45) is -2.06. The minimum Gasteiger partial charge on any atom is -1.00 e. The predicted octanol–water partition coefficient (Wildman–Crippen LogP) is -5.77. The van der Waals surface area contributed by atoms with E-state index >= 15 is 0 Å². The smallest absolute Gasteiger partial charge is 1.00 e. The molecule has 0 radical (unpaired) electrons. The van der Waals surface area contributed by atoms with Gasteiger partial charge >= 0.3 is 53.4 Å². The molecule has 0 saturated heterocycles. The maximum Gasteiger partial charge on any atom is 1.00 e. The van der Waals surface area contributed by atoms with Crippen molar-refractivity contribution in [3.63, 3.8) is 0 Å². The zero-order valence-electron chi connectivity index (χ0n) is 14.7. The number of aliphatic carboxylic acids is 2. The molecule has 0 aliphatic rings. The summed E-state index contributed by atoms with van der Waals surface area (Å²) in [5.74, 6) is -6.27. The SMILES string of the molecule is NC(N)=NCCC[C@H](N)C(=O)OC(=O)CC(O)(CC(=O)O)C(=O)O.[H-].[Na+]. The van der Waals surface area contributed by atoms with Crippen molar-refractivity contribution in [2.75, 3.05) is 6.54 Å². The number of nitrogens with zero attached hydrogens (tertiary/aromatic N) is 1. The third-order valence-corrected chi connectivity index (χ3v) is 2.76. The molecule has 0 saturated carbocycles. The molecule has 0 aromatic heterocycles. The third-order valence-electron chi connectivity index (χ3n) is 2.76. The average Bonchev–Trinajstić information content (AvgIpc) is 2.41. The Morgan fingerprint density at radius 1 is 1.16 bits per heavy atom. The second-order valence-corrected chi connectivity index (χ2v) is 4.93. The number of aliphatic hydroxyl groups is 1. The Labute approximate surface area is 166 Å². The third kappa shape index (κ3) is 10.7. The normalized spacial score (nSPS) is 13.5. The van der Waals surface area contributed by atoms with Gasteiger partial charge in [0.05, 0.1) is 12.8 Å². The molecule has 0 amide bonds. The van der Waals surface area contributed by atoms with Crippen LogP contribution in [0.3, 0.4) is 0 Å². The molecule has 2 atom stereocenters.